The van der Waals surface area contributed by atoms with E-state index in [1.807, 2.05) is 72.8 Å². The normalized spacial score (nSPS) is 14.0. The highest BCUT2D eigenvalue weighted by Gasteiger charge is 2.31. The standard InChI is InChI=1S/C60H66O8/c1-9-39-60(8,66-43-55(68-57(62)11-3)41-63-52-35-25-47(26-36-52)45-21-17-14-18-22-45)51-31-29-48(30-32-51)58(5,6)49-33-37-53(38-34-49)64-40-54(67-56(61)10-2)42-65-59(7,12-4)50-27-23-46(24-28-50)44-19-15-13-16-20-44/h10-11,13-38,54-55H,2-3,9,12,39-43H2,1,4-8H3. The van der Waals surface area contributed by atoms with Crippen LogP contribution in [0.3, 0.4) is 0 Å². The summed E-state index contributed by atoms with van der Waals surface area (Å²) in [7, 11) is 0. The molecular formula is C60H66O8. The molecule has 0 saturated carbocycles. The number of rotatable bonds is 25. The van der Waals surface area contributed by atoms with Gasteiger partial charge in [0.05, 0.1) is 24.4 Å². The van der Waals surface area contributed by atoms with Gasteiger partial charge in [0.15, 0.2) is 12.2 Å². The van der Waals surface area contributed by atoms with Crippen molar-refractivity contribution in [3.05, 3.63) is 205 Å². The fourth-order valence-corrected chi connectivity index (χ4v) is 8.15. The van der Waals surface area contributed by atoms with Gasteiger partial charge in [0.25, 0.3) is 0 Å². The van der Waals surface area contributed by atoms with Gasteiger partial charge in [0.1, 0.15) is 24.7 Å². The summed E-state index contributed by atoms with van der Waals surface area (Å²) in [6.45, 7) is 20.4. The summed E-state index contributed by atoms with van der Waals surface area (Å²) in [4.78, 5) is 24.8. The fourth-order valence-electron chi connectivity index (χ4n) is 8.15. The Bertz CT molecular complexity index is 2520. The average Bonchev–Trinajstić information content (AvgIpc) is 3.38. The van der Waals surface area contributed by atoms with Gasteiger partial charge in [-0.3, -0.25) is 0 Å². The molecule has 0 N–H and O–H groups in total. The van der Waals surface area contributed by atoms with Gasteiger partial charge in [-0.05, 0) is 95.5 Å². The van der Waals surface area contributed by atoms with Crippen LogP contribution in [0.25, 0.3) is 22.3 Å². The lowest BCUT2D eigenvalue weighted by Crippen LogP contribution is -2.35. The number of carbonyl (C=O) groups is 2. The highest BCUT2D eigenvalue weighted by molar-refractivity contribution is 5.81. The lowest BCUT2D eigenvalue weighted by Gasteiger charge is -2.33. The summed E-state index contributed by atoms with van der Waals surface area (Å²) in [6.07, 6.45) is 3.32. The van der Waals surface area contributed by atoms with Crippen molar-refractivity contribution >= 4 is 11.9 Å². The minimum atomic E-state index is -0.670. The Kier molecular flexibility index (Phi) is 17.7. The minimum absolute atomic E-state index is 0.0998. The van der Waals surface area contributed by atoms with Crippen LogP contribution in [0.2, 0.25) is 0 Å². The van der Waals surface area contributed by atoms with Crippen LogP contribution in [0.15, 0.2) is 183 Å². The molecule has 0 spiro atoms. The Balaban J connectivity index is 1.07. The van der Waals surface area contributed by atoms with E-state index < -0.39 is 35.3 Å². The molecule has 354 valence electrons. The third kappa shape index (κ3) is 13.5. The molecule has 6 aromatic rings. The first kappa shape index (κ1) is 50.7. The largest absolute Gasteiger partial charge is 0.490 e. The second-order valence-electron chi connectivity index (χ2n) is 17.9. The molecule has 0 fully saturated rings. The molecule has 0 amide bonds. The highest BCUT2D eigenvalue weighted by atomic mass is 16.6. The molecule has 6 rings (SSSR count). The maximum absolute atomic E-state index is 12.4. The molecule has 0 bridgehead atoms. The van der Waals surface area contributed by atoms with Crippen LogP contribution < -0.4 is 9.47 Å². The lowest BCUT2D eigenvalue weighted by molar-refractivity contribution is -0.154. The zero-order chi connectivity index (χ0) is 48.6. The van der Waals surface area contributed by atoms with Crippen molar-refractivity contribution in [2.75, 3.05) is 26.4 Å². The molecule has 8 nitrogen and oxygen atoms in total. The SMILES string of the molecule is C=CC(=O)OC(COc1ccc(C(C)(C)c2ccc(C(C)(CCC)OCC(COc3ccc(-c4ccccc4)cc3)OC(=O)C=C)cc2)cc1)COC(C)(CC)c1ccc(-c2ccccc2)cc1. The van der Waals surface area contributed by atoms with Crippen molar-refractivity contribution < 1.29 is 38.0 Å². The van der Waals surface area contributed by atoms with E-state index in [0.717, 1.165) is 69.5 Å². The summed E-state index contributed by atoms with van der Waals surface area (Å²) < 4.78 is 36.9. The predicted molar refractivity (Wildman–Crippen MR) is 272 cm³/mol. The maximum Gasteiger partial charge on any atom is 0.330 e. The molecular weight excluding hydrogens is 849 g/mol. The molecule has 0 heterocycles. The van der Waals surface area contributed by atoms with Gasteiger partial charge in [-0.15, -0.1) is 0 Å². The summed E-state index contributed by atoms with van der Waals surface area (Å²) in [5, 5.41) is 0. The second-order valence-corrected chi connectivity index (χ2v) is 17.9. The molecule has 4 atom stereocenters. The van der Waals surface area contributed by atoms with Crippen LogP contribution in [-0.2, 0) is 45.2 Å². The Morgan fingerprint density at radius 2 is 0.824 bits per heavy atom. The van der Waals surface area contributed by atoms with Crippen molar-refractivity contribution in [1.29, 1.82) is 0 Å². The van der Waals surface area contributed by atoms with Gasteiger partial charge < -0.3 is 28.4 Å². The number of hydrogen-bond donors (Lipinski definition) is 0. The summed E-state index contributed by atoms with van der Waals surface area (Å²) in [5.41, 5.74) is 7.14. The van der Waals surface area contributed by atoms with Crippen LogP contribution in [0.4, 0.5) is 0 Å². The van der Waals surface area contributed by atoms with Gasteiger partial charge in [0, 0.05) is 17.6 Å². The van der Waals surface area contributed by atoms with Gasteiger partial charge in [0.2, 0.25) is 0 Å². The van der Waals surface area contributed by atoms with Crippen molar-refractivity contribution in [2.24, 2.45) is 0 Å². The van der Waals surface area contributed by atoms with Gasteiger partial charge >= 0.3 is 11.9 Å². The smallest absolute Gasteiger partial charge is 0.330 e. The molecule has 0 aliphatic rings. The first-order valence-corrected chi connectivity index (χ1v) is 23.5. The molecule has 0 aromatic heterocycles. The molecule has 68 heavy (non-hydrogen) atoms. The van der Waals surface area contributed by atoms with Gasteiger partial charge in [-0.1, -0.05) is 181 Å². The van der Waals surface area contributed by atoms with E-state index >= 15 is 0 Å². The van der Waals surface area contributed by atoms with E-state index in [4.69, 9.17) is 28.4 Å². The summed E-state index contributed by atoms with van der Waals surface area (Å²) in [6, 6.07) is 53.2. The number of esters is 2. The van der Waals surface area contributed by atoms with Crippen LogP contribution in [-0.4, -0.2) is 50.6 Å². The predicted octanol–water partition coefficient (Wildman–Crippen LogP) is 13.4. The molecule has 0 saturated heterocycles. The molecule has 4 unspecified atom stereocenters. The molecule has 0 aliphatic carbocycles. The number of carbonyl (C=O) groups excluding carboxylic acids is 2. The number of hydrogen-bond acceptors (Lipinski definition) is 8. The molecule has 6 aromatic carbocycles. The zero-order valence-electron chi connectivity index (χ0n) is 40.5. The zero-order valence-corrected chi connectivity index (χ0v) is 40.5. The third-order valence-corrected chi connectivity index (χ3v) is 12.7. The van der Waals surface area contributed by atoms with Gasteiger partial charge in [-0.2, -0.15) is 0 Å². The van der Waals surface area contributed by atoms with Gasteiger partial charge in [-0.25, -0.2) is 9.59 Å². The summed E-state index contributed by atoms with van der Waals surface area (Å²) in [5.74, 6) is 0.233. The Morgan fingerprint density at radius 3 is 1.25 bits per heavy atom. The minimum Gasteiger partial charge on any atom is -0.490 e. The Hall–Kier alpha value is -6.74. The van der Waals surface area contributed by atoms with E-state index in [2.05, 4.69) is 140 Å². The molecule has 0 radical (unpaired) electrons. The topological polar surface area (TPSA) is 89.5 Å². The van der Waals surface area contributed by atoms with Crippen LogP contribution in [0.1, 0.15) is 83.1 Å². The lowest BCUT2D eigenvalue weighted by atomic mass is 9.77. The van der Waals surface area contributed by atoms with Crippen molar-refractivity contribution in [3.8, 4) is 33.8 Å². The number of ether oxygens (including phenoxy) is 6. The Labute approximate surface area is 403 Å². The second kappa shape index (κ2) is 23.8. The molecule has 8 heteroatoms. The highest BCUT2D eigenvalue weighted by Crippen LogP contribution is 2.37. The number of benzene rings is 6. The van der Waals surface area contributed by atoms with E-state index in [1.54, 1.807) is 0 Å². The van der Waals surface area contributed by atoms with Crippen LogP contribution in [0, 0.1) is 0 Å². The fraction of sp³-hybridized carbons (Fsp3) is 0.300. The van der Waals surface area contributed by atoms with E-state index in [0.29, 0.717) is 17.9 Å². The quantitative estimate of drug-likeness (QED) is 0.0414. The average molecular weight is 915 g/mol. The molecule has 0 aliphatic heterocycles. The van der Waals surface area contributed by atoms with Crippen molar-refractivity contribution in [1.82, 2.24) is 0 Å². The first-order valence-electron chi connectivity index (χ1n) is 23.5. The summed E-state index contributed by atoms with van der Waals surface area (Å²) >= 11 is 0. The monoisotopic (exact) mass is 914 g/mol. The van der Waals surface area contributed by atoms with E-state index in [-0.39, 0.29) is 31.8 Å². The van der Waals surface area contributed by atoms with E-state index in [9.17, 15) is 9.59 Å². The van der Waals surface area contributed by atoms with Crippen LogP contribution >= 0.6 is 0 Å². The first-order chi connectivity index (χ1) is 32.8. The van der Waals surface area contributed by atoms with Crippen LogP contribution in [0.5, 0.6) is 11.5 Å². The van der Waals surface area contributed by atoms with Crippen molar-refractivity contribution in [2.45, 2.75) is 89.6 Å². The van der Waals surface area contributed by atoms with Crippen molar-refractivity contribution in [3.63, 3.8) is 0 Å². The maximum atomic E-state index is 12.4. The Morgan fingerprint density at radius 1 is 0.471 bits per heavy atom. The third-order valence-electron chi connectivity index (χ3n) is 12.7. The van der Waals surface area contributed by atoms with E-state index in [1.165, 1.54) is 0 Å².